The summed E-state index contributed by atoms with van der Waals surface area (Å²) in [6.45, 7) is 4.95. The summed E-state index contributed by atoms with van der Waals surface area (Å²) in [5.74, 6) is 8.25. The van der Waals surface area contributed by atoms with Gasteiger partial charge < -0.3 is 0 Å². The summed E-state index contributed by atoms with van der Waals surface area (Å²) in [6.07, 6.45) is 8.85. The van der Waals surface area contributed by atoms with Gasteiger partial charge >= 0.3 is 0 Å². The van der Waals surface area contributed by atoms with E-state index in [9.17, 15) is 0 Å². The van der Waals surface area contributed by atoms with Gasteiger partial charge in [-0.3, -0.25) is 0 Å². The van der Waals surface area contributed by atoms with Crippen molar-refractivity contribution < 1.29 is 0 Å². The standard InChI is InChI=1S/C29H34/c1-3-17-13-18(4-2)28-22-14-21(27(17)28)23-15-29(16-24(22)23)25-11-7-5-9-19(25)20-10-6-8-12-26(20)29/h5-12,17-18,21-24,27-28H,3-4,13-16H2,1-2H3. The fourth-order valence-electron chi connectivity index (χ4n) is 10.0. The lowest BCUT2D eigenvalue weighted by Gasteiger charge is -2.38. The average molecular weight is 383 g/mol. The van der Waals surface area contributed by atoms with Gasteiger partial charge in [-0.25, -0.2) is 0 Å². The van der Waals surface area contributed by atoms with E-state index in [0.717, 1.165) is 47.3 Å². The molecule has 5 aliphatic rings. The Balaban J connectivity index is 1.33. The zero-order valence-corrected chi connectivity index (χ0v) is 18.0. The van der Waals surface area contributed by atoms with E-state index in [1.54, 1.807) is 24.0 Å². The lowest BCUT2D eigenvalue weighted by Crippen LogP contribution is -2.33. The largest absolute Gasteiger partial charge is 0.0651 e. The molecule has 8 atom stereocenters. The number of hydrogen-bond donors (Lipinski definition) is 0. The molecule has 0 radical (unpaired) electrons. The molecule has 0 amide bonds. The van der Waals surface area contributed by atoms with Crippen LogP contribution in [-0.4, -0.2) is 0 Å². The summed E-state index contributed by atoms with van der Waals surface area (Å²) in [4.78, 5) is 0. The van der Waals surface area contributed by atoms with Crippen LogP contribution in [0.15, 0.2) is 48.5 Å². The van der Waals surface area contributed by atoms with Crippen molar-refractivity contribution >= 4 is 0 Å². The molecule has 5 aliphatic carbocycles. The van der Waals surface area contributed by atoms with E-state index in [2.05, 4.69) is 62.4 Å². The fraction of sp³-hybridized carbons (Fsp3) is 0.586. The maximum Gasteiger partial charge on any atom is 0.0220 e. The first-order valence-corrected chi connectivity index (χ1v) is 12.5. The minimum Gasteiger partial charge on any atom is -0.0651 e. The zero-order chi connectivity index (χ0) is 19.3. The zero-order valence-electron chi connectivity index (χ0n) is 18.0. The van der Waals surface area contributed by atoms with E-state index in [0.29, 0.717) is 5.41 Å². The topological polar surface area (TPSA) is 0 Å². The Labute approximate surface area is 176 Å². The van der Waals surface area contributed by atoms with Crippen molar-refractivity contribution in [3.63, 3.8) is 0 Å². The van der Waals surface area contributed by atoms with Crippen molar-refractivity contribution in [3.8, 4) is 11.1 Å². The molecule has 150 valence electrons. The van der Waals surface area contributed by atoms with E-state index < -0.39 is 0 Å². The van der Waals surface area contributed by atoms with Crippen molar-refractivity contribution in [1.29, 1.82) is 0 Å². The second-order valence-corrected chi connectivity index (χ2v) is 11.2. The third-order valence-corrected chi connectivity index (χ3v) is 10.7. The minimum atomic E-state index is 0.321. The van der Waals surface area contributed by atoms with Gasteiger partial charge in [0.2, 0.25) is 0 Å². The van der Waals surface area contributed by atoms with Gasteiger partial charge in [0.25, 0.3) is 0 Å². The van der Waals surface area contributed by atoms with Crippen LogP contribution in [0.3, 0.4) is 0 Å². The Morgan fingerprint density at radius 3 is 1.62 bits per heavy atom. The van der Waals surface area contributed by atoms with Crippen LogP contribution in [0.1, 0.15) is 63.5 Å². The van der Waals surface area contributed by atoms with Gasteiger partial charge in [-0.15, -0.1) is 0 Å². The highest BCUT2D eigenvalue weighted by atomic mass is 14.7. The van der Waals surface area contributed by atoms with Crippen LogP contribution < -0.4 is 0 Å². The van der Waals surface area contributed by atoms with Gasteiger partial charge in [-0.1, -0.05) is 75.2 Å². The van der Waals surface area contributed by atoms with Crippen LogP contribution in [0.4, 0.5) is 0 Å². The fourth-order valence-corrected chi connectivity index (χ4v) is 10.0. The Morgan fingerprint density at radius 2 is 1.14 bits per heavy atom. The molecule has 0 heteroatoms. The van der Waals surface area contributed by atoms with Crippen molar-refractivity contribution in [3.05, 3.63) is 59.7 Å². The highest BCUT2D eigenvalue weighted by Gasteiger charge is 2.68. The first-order valence-electron chi connectivity index (χ1n) is 12.5. The van der Waals surface area contributed by atoms with Gasteiger partial charge in [-0.2, -0.15) is 0 Å². The van der Waals surface area contributed by atoms with Crippen LogP contribution in [0.5, 0.6) is 0 Å². The molecule has 0 N–H and O–H groups in total. The molecule has 8 unspecified atom stereocenters. The third-order valence-electron chi connectivity index (χ3n) is 10.7. The SMILES string of the molecule is CCC1CC(CC)C2C3CC(C4CC5(CC43)c3ccccc3-c3ccccc35)C12. The van der Waals surface area contributed by atoms with Crippen molar-refractivity contribution in [2.24, 2.45) is 47.3 Å². The molecule has 29 heavy (non-hydrogen) atoms. The maximum absolute atomic E-state index is 2.48. The Kier molecular flexibility index (Phi) is 3.42. The van der Waals surface area contributed by atoms with Crippen LogP contribution >= 0.6 is 0 Å². The molecule has 4 fully saturated rings. The molecule has 2 bridgehead atoms. The van der Waals surface area contributed by atoms with E-state index in [-0.39, 0.29) is 0 Å². The molecule has 7 rings (SSSR count). The summed E-state index contributed by atoms with van der Waals surface area (Å²) >= 11 is 0. The molecule has 0 heterocycles. The van der Waals surface area contributed by atoms with Gasteiger partial charge in [0.1, 0.15) is 0 Å². The summed E-state index contributed by atoms with van der Waals surface area (Å²) in [6, 6.07) is 18.8. The van der Waals surface area contributed by atoms with Crippen molar-refractivity contribution in [2.75, 3.05) is 0 Å². The quantitative estimate of drug-likeness (QED) is 0.510. The Bertz CT molecular complexity index is 892. The summed E-state index contributed by atoms with van der Waals surface area (Å²) in [7, 11) is 0. The monoisotopic (exact) mass is 382 g/mol. The van der Waals surface area contributed by atoms with Crippen molar-refractivity contribution in [1.82, 2.24) is 0 Å². The smallest absolute Gasteiger partial charge is 0.0220 e. The van der Waals surface area contributed by atoms with Gasteiger partial charge in [0.05, 0.1) is 0 Å². The molecule has 2 aromatic carbocycles. The van der Waals surface area contributed by atoms with Gasteiger partial charge in [0.15, 0.2) is 0 Å². The van der Waals surface area contributed by atoms with Crippen LogP contribution in [0.25, 0.3) is 11.1 Å². The highest BCUT2D eigenvalue weighted by Crippen LogP contribution is 2.74. The molecular weight excluding hydrogens is 348 g/mol. The summed E-state index contributed by atoms with van der Waals surface area (Å²) in [5, 5.41) is 0. The normalized spacial score (nSPS) is 42.1. The van der Waals surface area contributed by atoms with E-state index in [1.165, 1.54) is 36.8 Å². The second-order valence-electron chi connectivity index (χ2n) is 11.2. The average Bonchev–Trinajstić information content (AvgIpc) is 3.53. The molecule has 0 nitrogen and oxygen atoms in total. The van der Waals surface area contributed by atoms with Crippen LogP contribution in [0, 0.1) is 47.3 Å². The molecule has 0 saturated heterocycles. The number of hydrogen-bond acceptors (Lipinski definition) is 0. The Hall–Kier alpha value is -1.56. The van der Waals surface area contributed by atoms with Gasteiger partial charge in [0, 0.05) is 5.41 Å². The van der Waals surface area contributed by atoms with E-state index in [4.69, 9.17) is 0 Å². The number of fused-ring (bicyclic) bond motifs is 13. The maximum atomic E-state index is 2.48. The number of rotatable bonds is 2. The third kappa shape index (κ3) is 1.93. The second kappa shape index (κ2) is 5.77. The van der Waals surface area contributed by atoms with Crippen molar-refractivity contribution in [2.45, 2.75) is 57.8 Å². The minimum absolute atomic E-state index is 0.321. The first-order chi connectivity index (χ1) is 14.3. The lowest BCUT2D eigenvalue weighted by molar-refractivity contribution is 0.0950. The van der Waals surface area contributed by atoms with E-state index >= 15 is 0 Å². The molecular formula is C29H34. The van der Waals surface area contributed by atoms with Crippen LogP contribution in [-0.2, 0) is 5.41 Å². The summed E-state index contributed by atoms with van der Waals surface area (Å²) in [5.41, 5.74) is 6.72. The predicted octanol–water partition coefficient (Wildman–Crippen LogP) is 7.32. The molecule has 4 saturated carbocycles. The predicted molar refractivity (Wildman–Crippen MR) is 120 cm³/mol. The van der Waals surface area contributed by atoms with Gasteiger partial charge in [-0.05, 0) is 95.3 Å². The first kappa shape index (κ1) is 17.2. The number of benzene rings is 2. The summed E-state index contributed by atoms with van der Waals surface area (Å²) < 4.78 is 0. The highest BCUT2D eigenvalue weighted by molar-refractivity contribution is 5.81. The molecule has 0 aliphatic heterocycles. The van der Waals surface area contributed by atoms with E-state index in [1.807, 2.05) is 0 Å². The Morgan fingerprint density at radius 1 is 0.655 bits per heavy atom. The molecule has 2 aromatic rings. The molecule has 1 spiro atoms. The lowest BCUT2D eigenvalue weighted by atomic mass is 9.67. The van der Waals surface area contributed by atoms with Crippen LogP contribution in [0.2, 0.25) is 0 Å². The molecule has 0 aromatic heterocycles.